The summed E-state index contributed by atoms with van der Waals surface area (Å²) >= 11 is 0. The molecule has 2 aromatic carbocycles. The molecule has 184 valence electrons. The number of nitrogens with zero attached hydrogens (tertiary/aromatic N) is 1. The van der Waals surface area contributed by atoms with Crippen molar-refractivity contribution in [3.63, 3.8) is 0 Å². The summed E-state index contributed by atoms with van der Waals surface area (Å²) in [7, 11) is 0. The maximum Gasteiger partial charge on any atom is 0.259 e. The SMILES string of the molecule is CCc1ccc(-c2nc3cc(NCCCNCCCCNCCCN)c(F)cc3c(=O)[nH]2)cc1. The monoisotopic (exact) mass is 468 g/mol. The number of hydrogen-bond acceptors (Lipinski definition) is 6. The van der Waals surface area contributed by atoms with Crippen molar-refractivity contribution < 1.29 is 4.39 Å². The molecule has 0 amide bonds. The zero-order chi connectivity index (χ0) is 24.2. The number of benzene rings is 2. The van der Waals surface area contributed by atoms with E-state index in [1.807, 2.05) is 24.3 Å². The fourth-order valence-corrected chi connectivity index (χ4v) is 3.74. The van der Waals surface area contributed by atoms with Gasteiger partial charge in [0.15, 0.2) is 0 Å². The van der Waals surface area contributed by atoms with Crippen LogP contribution in [0.1, 0.15) is 38.2 Å². The van der Waals surface area contributed by atoms with Gasteiger partial charge < -0.3 is 26.7 Å². The molecule has 3 rings (SSSR count). The fourth-order valence-electron chi connectivity index (χ4n) is 3.74. The molecule has 1 aromatic heterocycles. The summed E-state index contributed by atoms with van der Waals surface area (Å²) in [5.74, 6) is 0.0337. The van der Waals surface area contributed by atoms with Crippen molar-refractivity contribution in [2.75, 3.05) is 44.6 Å². The second kappa shape index (κ2) is 13.8. The number of aromatic amines is 1. The Morgan fingerprint density at radius 2 is 1.62 bits per heavy atom. The van der Waals surface area contributed by atoms with Gasteiger partial charge in [-0.15, -0.1) is 0 Å². The molecule has 0 radical (unpaired) electrons. The van der Waals surface area contributed by atoms with Crippen LogP contribution < -0.4 is 27.2 Å². The minimum atomic E-state index is -0.449. The fraction of sp³-hybridized carbons (Fsp3) is 0.462. The largest absolute Gasteiger partial charge is 0.383 e. The van der Waals surface area contributed by atoms with E-state index in [2.05, 4.69) is 32.8 Å². The average Bonchev–Trinajstić information content (AvgIpc) is 2.85. The van der Waals surface area contributed by atoms with Crippen molar-refractivity contribution >= 4 is 16.6 Å². The van der Waals surface area contributed by atoms with E-state index in [4.69, 9.17) is 5.73 Å². The Kier molecular flexibility index (Phi) is 10.5. The summed E-state index contributed by atoms with van der Waals surface area (Å²) in [4.78, 5) is 19.9. The molecule has 0 unspecified atom stereocenters. The minimum Gasteiger partial charge on any atom is -0.383 e. The normalized spacial score (nSPS) is 11.3. The molecule has 0 aliphatic rings. The van der Waals surface area contributed by atoms with Crippen molar-refractivity contribution in [1.82, 2.24) is 20.6 Å². The zero-order valence-corrected chi connectivity index (χ0v) is 20.1. The van der Waals surface area contributed by atoms with Gasteiger partial charge >= 0.3 is 0 Å². The van der Waals surface area contributed by atoms with Crippen molar-refractivity contribution in [1.29, 1.82) is 0 Å². The highest BCUT2D eigenvalue weighted by atomic mass is 19.1. The van der Waals surface area contributed by atoms with Crippen LogP contribution in [0.4, 0.5) is 10.1 Å². The molecule has 1 heterocycles. The second-order valence-electron chi connectivity index (χ2n) is 8.44. The summed E-state index contributed by atoms with van der Waals surface area (Å²) in [6.45, 7) is 7.29. The number of anilines is 1. The molecule has 0 aliphatic heterocycles. The first-order valence-electron chi connectivity index (χ1n) is 12.3. The number of halogens is 1. The summed E-state index contributed by atoms with van der Waals surface area (Å²) in [6.07, 6.45) is 5.08. The summed E-state index contributed by atoms with van der Waals surface area (Å²) < 4.78 is 14.6. The molecule has 0 saturated heterocycles. The van der Waals surface area contributed by atoms with E-state index >= 15 is 0 Å². The lowest BCUT2D eigenvalue weighted by Crippen LogP contribution is -2.22. The van der Waals surface area contributed by atoms with E-state index in [0.717, 1.165) is 70.4 Å². The van der Waals surface area contributed by atoms with Crippen LogP contribution in [-0.4, -0.2) is 49.2 Å². The lowest BCUT2D eigenvalue weighted by Gasteiger charge is -2.10. The molecular weight excluding hydrogens is 431 g/mol. The maximum atomic E-state index is 14.6. The van der Waals surface area contributed by atoms with Crippen LogP contribution in [0.3, 0.4) is 0 Å². The topological polar surface area (TPSA) is 108 Å². The molecule has 0 atom stereocenters. The standard InChI is InChI=1S/C26H37FN6O/c1-2-19-7-9-20(10-8-19)25-32-23-18-24(22(27)17-21(23)26(34)33-25)31-16-6-15-30-13-4-3-12-29-14-5-11-28/h7-10,17-18,29-31H,2-6,11-16,28H2,1H3,(H,32,33,34). The van der Waals surface area contributed by atoms with E-state index < -0.39 is 5.82 Å². The van der Waals surface area contributed by atoms with Crippen LogP contribution in [0.25, 0.3) is 22.3 Å². The molecule has 0 bridgehead atoms. The number of aromatic nitrogens is 2. The third kappa shape index (κ3) is 7.62. The van der Waals surface area contributed by atoms with Crippen LogP contribution in [0.5, 0.6) is 0 Å². The highest BCUT2D eigenvalue weighted by Gasteiger charge is 2.11. The summed E-state index contributed by atoms with van der Waals surface area (Å²) in [5, 5.41) is 10.2. The van der Waals surface area contributed by atoms with E-state index in [1.54, 1.807) is 6.07 Å². The predicted octanol–water partition coefficient (Wildman–Crippen LogP) is 3.40. The number of nitrogens with one attached hydrogen (secondary N) is 4. The Bertz CT molecular complexity index is 1080. The molecule has 0 aliphatic carbocycles. The lowest BCUT2D eigenvalue weighted by molar-refractivity contribution is 0.571. The zero-order valence-electron chi connectivity index (χ0n) is 20.1. The van der Waals surface area contributed by atoms with Gasteiger partial charge in [-0.2, -0.15) is 0 Å². The molecular formula is C26H37FN6O. The number of hydrogen-bond donors (Lipinski definition) is 5. The molecule has 0 saturated carbocycles. The Balaban J connectivity index is 1.49. The number of H-pyrrole nitrogens is 1. The number of nitrogens with two attached hydrogens (primary N) is 1. The van der Waals surface area contributed by atoms with Crippen LogP contribution in [0.15, 0.2) is 41.2 Å². The molecule has 7 nitrogen and oxygen atoms in total. The average molecular weight is 469 g/mol. The third-order valence-corrected chi connectivity index (χ3v) is 5.79. The van der Waals surface area contributed by atoms with Gasteiger partial charge in [-0.05, 0) is 82.5 Å². The minimum absolute atomic E-state index is 0.246. The van der Waals surface area contributed by atoms with Crippen molar-refractivity contribution in [2.24, 2.45) is 5.73 Å². The Morgan fingerprint density at radius 3 is 2.29 bits per heavy atom. The number of unbranched alkanes of at least 4 members (excludes halogenated alkanes) is 1. The Labute approximate surface area is 200 Å². The Hall–Kier alpha value is -2.81. The first kappa shape index (κ1) is 25.8. The number of aryl methyl sites for hydroxylation is 1. The van der Waals surface area contributed by atoms with Crippen LogP contribution >= 0.6 is 0 Å². The van der Waals surface area contributed by atoms with Crippen molar-refractivity contribution in [2.45, 2.75) is 39.0 Å². The van der Waals surface area contributed by atoms with Gasteiger partial charge in [-0.3, -0.25) is 4.79 Å². The van der Waals surface area contributed by atoms with Gasteiger partial charge in [0.1, 0.15) is 11.6 Å². The van der Waals surface area contributed by atoms with Crippen LogP contribution in [-0.2, 0) is 6.42 Å². The first-order valence-corrected chi connectivity index (χ1v) is 12.3. The van der Waals surface area contributed by atoms with Gasteiger partial charge in [-0.1, -0.05) is 31.2 Å². The van der Waals surface area contributed by atoms with Gasteiger partial charge in [0.05, 0.1) is 16.6 Å². The molecule has 0 fully saturated rings. The van der Waals surface area contributed by atoms with Gasteiger partial charge in [0.2, 0.25) is 0 Å². The van der Waals surface area contributed by atoms with Crippen molar-refractivity contribution in [3.8, 4) is 11.4 Å². The maximum absolute atomic E-state index is 14.6. The van der Waals surface area contributed by atoms with E-state index in [9.17, 15) is 9.18 Å². The lowest BCUT2D eigenvalue weighted by atomic mass is 10.1. The van der Waals surface area contributed by atoms with Gasteiger partial charge in [0.25, 0.3) is 5.56 Å². The van der Waals surface area contributed by atoms with E-state index in [-0.39, 0.29) is 10.9 Å². The second-order valence-corrected chi connectivity index (χ2v) is 8.44. The third-order valence-electron chi connectivity index (χ3n) is 5.79. The summed E-state index contributed by atoms with van der Waals surface area (Å²) in [6, 6.07) is 10.8. The highest BCUT2D eigenvalue weighted by molar-refractivity contribution is 5.83. The van der Waals surface area contributed by atoms with Crippen LogP contribution in [0.2, 0.25) is 0 Å². The highest BCUT2D eigenvalue weighted by Crippen LogP contribution is 2.22. The number of fused-ring (bicyclic) bond motifs is 1. The Morgan fingerprint density at radius 1 is 0.941 bits per heavy atom. The smallest absolute Gasteiger partial charge is 0.259 e. The van der Waals surface area contributed by atoms with Crippen molar-refractivity contribution in [3.05, 3.63) is 58.1 Å². The quantitative estimate of drug-likeness (QED) is 0.219. The molecule has 34 heavy (non-hydrogen) atoms. The molecule has 6 N–H and O–H groups in total. The van der Waals surface area contributed by atoms with E-state index in [0.29, 0.717) is 23.6 Å². The first-order chi connectivity index (χ1) is 16.6. The predicted molar refractivity (Wildman–Crippen MR) is 139 cm³/mol. The van der Waals surface area contributed by atoms with Gasteiger partial charge in [0, 0.05) is 12.1 Å². The van der Waals surface area contributed by atoms with Crippen LogP contribution in [0, 0.1) is 5.82 Å². The van der Waals surface area contributed by atoms with E-state index in [1.165, 1.54) is 11.6 Å². The molecule has 0 spiro atoms. The molecule has 3 aromatic rings. The number of rotatable bonds is 15. The summed E-state index contributed by atoms with van der Waals surface area (Å²) in [5.41, 5.74) is 8.00. The molecule has 8 heteroatoms. The van der Waals surface area contributed by atoms with Gasteiger partial charge in [-0.25, -0.2) is 9.37 Å².